The summed E-state index contributed by atoms with van der Waals surface area (Å²) in [6.07, 6.45) is 0. The van der Waals surface area contributed by atoms with Gasteiger partial charge in [-0.1, -0.05) is 12.1 Å². The minimum atomic E-state index is -0.395. The molecule has 0 saturated carbocycles. The molecule has 0 heterocycles. The predicted molar refractivity (Wildman–Crippen MR) is 61.2 cm³/mol. The van der Waals surface area contributed by atoms with Gasteiger partial charge in [0.15, 0.2) is 0 Å². The van der Waals surface area contributed by atoms with Gasteiger partial charge in [0.25, 0.3) is 0 Å². The molecule has 0 atom stereocenters. The van der Waals surface area contributed by atoms with E-state index in [-0.39, 0.29) is 17.0 Å². The zero-order chi connectivity index (χ0) is 9.68. The lowest BCUT2D eigenvalue weighted by atomic mass is 10.1. The van der Waals surface area contributed by atoms with Crippen LogP contribution in [0.4, 0.5) is 0 Å². The molecule has 0 radical (unpaired) electrons. The number of halogens is 1. The number of hydrogen-bond donors (Lipinski definition) is 3. The van der Waals surface area contributed by atoms with Gasteiger partial charge < -0.3 is 5.73 Å². The first-order valence-corrected chi connectivity index (χ1v) is 4.02. The van der Waals surface area contributed by atoms with Crippen LogP contribution in [0.15, 0.2) is 24.3 Å². The monoisotopic (exact) mass is 259 g/mol. The van der Waals surface area contributed by atoms with E-state index in [1.807, 2.05) is 12.1 Å². The summed E-state index contributed by atoms with van der Waals surface area (Å²) in [4.78, 5) is 10.7. The topological polar surface area (TPSA) is 67.2 Å². The Morgan fingerprint density at radius 1 is 1.36 bits per heavy atom. The second-order valence-electron chi connectivity index (χ2n) is 2.66. The molecular weight excluding hydrogens is 246 g/mol. The summed E-state index contributed by atoms with van der Waals surface area (Å²) in [5, 5.41) is 0. The van der Waals surface area contributed by atoms with Gasteiger partial charge in [0.2, 0.25) is 5.91 Å². The van der Waals surface area contributed by atoms with Crippen LogP contribution in [0, 0.1) is 0 Å². The van der Waals surface area contributed by atoms with Gasteiger partial charge in [0.05, 0.1) is 0 Å². The average Bonchev–Trinajstić information content (AvgIpc) is 2.15. The van der Waals surface area contributed by atoms with Crippen molar-refractivity contribution in [3.05, 3.63) is 35.4 Å². The molecule has 4 N–H and O–H groups in total. The zero-order valence-electron chi connectivity index (χ0n) is 7.91. The smallest absolute Gasteiger partial charge is 0.248 e. The van der Waals surface area contributed by atoms with Crippen LogP contribution in [-0.4, -0.2) is 13.0 Å². The highest BCUT2D eigenvalue weighted by Crippen LogP contribution is 2.02. The number of carbonyl (C=O) groups is 1. The molecule has 0 fully saturated rings. The van der Waals surface area contributed by atoms with Gasteiger partial charge in [0.1, 0.15) is 0 Å². The maximum Gasteiger partial charge on any atom is 0.248 e. The first-order chi connectivity index (χ1) is 6.24. The van der Waals surface area contributed by atoms with Crippen LogP contribution in [-0.2, 0) is 6.54 Å². The standard InChI is InChI=1S/C9H13N3O.BrH/c1-11-12-6-7-2-4-8(5-3-7)9(10)13;/h2-5,11-12H,6H2,1H3,(H2,10,13);1H. The fraction of sp³-hybridized carbons (Fsp3) is 0.222. The van der Waals surface area contributed by atoms with E-state index in [1.165, 1.54) is 0 Å². The van der Waals surface area contributed by atoms with Crippen molar-refractivity contribution >= 4 is 22.9 Å². The molecule has 1 aromatic carbocycles. The molecule has 0 spiro atoms. The van der Waals surface area contributed by atoms with Crippen molar-refractivity contribution in [2.75, 3.05) is 7.05 Å². The molecule has 0 unspecified atom stereocenters. The summed E-state index contributed by atoms with van der Waals surface area (Å²) < 4.78 is 0. The summed E-state index contributed by atoms with van der Waals surface area (Å²) in [6.45, 7) is 0.718. The Hall–Kier alpha value is -0.910. The van der Waals surface area contributed by atoms with Crippen LogP contribution < -0.4 is 16.6 Å². The summed E-state index contributed by atoms with van der Waals surface area (Å²) in [5.41, 5.74) is 12.5. The molecular formula is C9H14BrN3O. The molecule has 1 rings (SSSR count). The van der Waals surface area contributed by atoms with Crippen LogP contribution in [0.5, 0.6) is 0 Å². The Balaban J connectivity index is 0.00000169. The highest BCUT2D eigenvalue weighted by molar-refractivity contribution is 8.93. The average molecular weight is 260 g/mol. The summed E-state index contributed by atoms with van der Waals surface area (Å²) in [5.74, 6) is -0.395. The molecule has 0 saturated heterocycles. The molecule has 1 amide bonds. The summed E-state index contributed by atoms with van der Waals surface area (Å²) in [7, 11) is 1.80. The van der Waals surface area contributed by atoms with Gasteiger partial charge in [-0.3, -0.25) is 15.6 Å². The number of hydrazine groups is 1. The molecule has 14 heavy (non-hydrogen) atoms. The molecule has 1 aromatic rings. The quantitative estimate of drug-likeness (QED) is 0.694. The SMILES string of the molecule is Br.CNNCc1ccc(C(N)=O)cc1. The first-order valence-electron chi connectivity index (χ1n) is 4.02. The van der Waals surface area contributed by atoms with Crippen LogP contribution in [0.2, 0.25) is 0 Å². The lowest BCUT2D eigenvalue weighted by molar-refractivity contribution is 0.100. The molecule has 0 aliphatic carbocycles. The lowest BCUT2D eigenvalue weighted by Gasteiger charge is -2.02. The predicted octanol–water partition coefficient (Wildman–Crippen LogP) is 0.587. The van der Waals surface area contributed by atoms with Crippen LogP contribution in [0.25, 0.3) is 0 Å². The molecule has 5 heteroatoms. The summed E-state index contributed by atoms with van der Waals surface area (Å²) >= 11 is 0. The second kappa shape index (κ2) is 6.53. The minimum Gasteiger partial charge on any atom is -0.366 e. The molecule has 0 aromatic heterocycles. The summed E-state index contributed by atoms with van der Waals surface area (Å²) in [6, 6.07) is 7.17. The van der Waals surface area contributed by atoms with Gasteiger partial charge >= 0.3 is 0 Å². The van der Waals surface area contributed by atoms with E-state index < -0.39 is 5.91 Å². The third-order valence-electron chi connectivity index (χ3n) is 1.71. The molecule has 0 aliphatic rings. The van der Waals surface area contributed by atoms with Crippen molar-refractivity contribution in [1.29, 1.82) is 0 Å². The maximum absolute atomic E-state index is 10.7. The number of nitrogens with one attached hydrogen (secondary N) is 2. The van der Waals surface area contributed by atoms with Crippen molar-refractivity contribution in [3.63, 3.8) is 0 Å². The largest absolute Gasteiger partial charge is 0.366 e. The number of nitrogens with two attached hydrogens (primary N) is 1. The maximum atomic E-state index is 10.7. The third kappa shape index (κ3) is 3.87. The van der Waals surface area contributed by atoms with Gasteiger partial charge in [-0.25, -0.2) is 0 Å². The van der Waals surface area contributed by atoms with Crippen LogP contribution >= 0.6 is 17.0 Å². The Labute approximate surface area is 93.6 Å². The number of amides is 1. The molecule has 78 valence electrons. The van der Waals surface area contributed by atoms with Crippen molar-refractivity contribution < 1.29 is 4.79 Å². The van der Waals surface area contributed by atoms with E-state index in [2.05, 4.69) is 10.9 Å². The number of hydrogen-bond acceptors (Lipinski definition) is 3. The third-order valence-corrected chi connectivity index (χ3v) is 1.71. The van der Waals surface area contributed by atoms with Crippen molar-refractivity contribution in [2.24, 2.45) is 5.73 Å². The fourth-order valence-corrected chi connectivity index (χ4v) is 0.977. The van der Waals surface area contributed by atoms with Gasteiger partial charge in [-0.05, 0) is 24.7 Å². The Morgan fingerprint density at radius 2 is 1.93 bits per heavy atom. The first kappa shape index (κ1) is 13.1. The minimum absolute atomic E-state index is 0. The molecule has 4 nitrogen and oxygen atoms in total. The van der Waals surface area contributed by atoms with Gasteiger partial charge in [0, 0.05) is 12.1 Å². The van der Waals surface area contributed by atoms with Crippen LogP contribution in [0.1, 0.15) is 15.9 Å². The Bertz CT molecular complexity index is 287. The van der Waals surface area contributed by atoms with Crippen molar-refractivity contribution in [3.8, 4) is 0 Å². The molecule has 0 bridgehead atoms. The number of rotatable bonds is 4. The zero-order valence-corrected chi connectivity index (χ0v) is 9.62. The van der Waals surface area contributed by atoms with Crippen molar-refractivity contribution in [2.45, 2.75) is 6.54 Å². The number of benzene rings is 1. The van der Waals surface area contributed by atoms with Gasteiger partial charge in [-0.15, -0.1) is 17.0 Å². The van der Waals surface area contributed by atoms with E-state index >= 15 is 0 Å². The highest BCUT2D eigenvalue weighted by Gasteiger charge is 1.98. The van der Waals surface area contributed by atoms with Gasteiger partial charge in [-0.2, -0.15) is 0 Å². The van der Waals surface area contributed by atoms with Crippen molar-refractivity contribution in [1.82, 2.24) is 10.9 Å². The highest BCUT2D eigenvalue weighted by atomic mass is 79.9. The van der Waals surface area contributed by atoms with E-state index in [1.54, 1.807) is 19.2 Å². The van der Waals surface area contributed by atoms with E-state index in [4.69, 9.17) is 5.73 Å². The normalized spacial score (nSPS) is 9.21. The van der Waals surface area contributed by atoms with E-state index in [0.29, 0.717) is 5.56 Å². The fourth-order valence-electron chi connectivity index (χ4n) is 0.977. The van der Waals surface area contributed by atoms with E-state index in [0.717, 1.165) is 12.1 Å². The lowest BCUT2D eigenvalue weighted by Crippen LogP contribution is -2.26. The number of primary amides is 1. The second-order valence-corrected chi connectivity index (χ2v) is 2.66. The van der Waals surface area contributed by atoms with E-state index in [9.17, 15) is 4.79 Å². The molecule has 0 aliphatic heterocycles. The Kier molecular flexibility index (Phi) is 6.11. The number of carbonyl (C=O) groups excluding carboxylic acids is 1. The Morgan fingerprint density at radius 3 is 2.36 bits per heavy atom. The van der Waals surface area contributed by atoms with Crippen LogP contribution in [0.3, 0.4) is 0 Å².